The second-order valence-corrected chi connectivity index (χ2v) is 6.74. The predicted molar refractivity (Wildman–Crippen MR) is 93.3 cm³/mol. The Morgan fingerprint density at radius 1 is 1.21 bits per heavy atom. The first-order valence-corrected chi connectivity index (χ1v) is 8.75. The number of piperazine rings is 1. The Labute approximate surface area is 145 Å². The van der Waals surface area contributed by atoms with Gasteiger partial charge in [-0.1, -0.05) is 13.8 Å². The van der Waals surface area contributed by atoms with Gasteiger partial charge in [-0.05, 0) is 26.7 Å². The molecule has 0 spiro atoms. The summed E-state index contributed by atoms with van der Waals surface area (Å²) in [4.78, 5) is 30.2. The summed E-state index contributed by atoms with van der Waals surface area (Å²) in [7, 11) is 0. The van der Waals surface area contributed by atoms with E-state index in [4.69, 9.17) is 0 Å². The van der Waals surface area contributed by atoms with Crippen molar-refractivity contribution in [2.45, 2.75) is 40.2 Å². The van der Waals surface area contributed by atoms with Crippen LogP contribution in [0.2, 0.25) is 0 Å². The molecule has 1 aliphatic heterocycles. The lowest BCUT2D eigenvalue weighted by molar-refractivity contribution is -0.124. The Morgan fingerprint density at radius 2 is 1.75 bits per heavy atom. The number of hydrogen-bond acceptors (Lipinski definition) is 4. The van der Waals surface area contributed by atoms with Crippen LogP contribution in [0.4, 0.5) is 4.79 Å². The molecule has 0 aromatic heterocycles. The van der Waals surface area contributed by atoms with Crippen molar-refractivity contribution in [3.05, 3.63) is 0 Å². The molecule has 7 heteroatoms. The largest absolute Gasteiger partial charge is 0.337 e. The first kappa shape index (κ1) is 20.2. The van der Waals surface area contributed by atoms with Crippen LogP contribution >= 0.6 is 0 Å². The molecule has 0 radical (unpaired) electrons. The molecule has 1 fully saturated rings. The highest BCUT2D eigenvalue weighted by molar-refractivity contribution is 5.79. The summed E-state index contributed by atoms with van der Waals surface area (Å²) in [5.74, 6) is -0.105. The highest BCUT2D eigenvalue weighted by Gasteiger charge is 2.31. The van der Waals surface area contributed by atoms with Crippen molar-refractivity contribution in [1.82, 2.24) is 20.0 Å². The maximum Gasteiger partial charge on any atom is 0.320 e. The van der Waals surface area contributed by atoms with Crippen molar-refractivity contribution in [2.75, 3.05) is 45.8 Å². The van der Waals surface area contributed by atoms with Gasteiger partial charge in [0.1, 0.15) is 5.54 Å². The quantitative estimate of drug-likeness (QED) is 0.788. The lowest BCUT2D eigenvalue weighted by atomic mass is 9.90. The zero-order valence-electron chi connectivity index (χ0n) is 15.6. The van der Waals surface area contributed by atoms with Gasteiger partial charge in [0, 0.05) is 39.3 Å². The topological polar surface area (TPSA) is 79.7 Å². The molecule has 1 rings (SSSR count). The molecule has 0 aliphatic carbocycles. The SMILES string of the molecule is CCN(CC)C(=O)N1CCN(CC(=O)N[C@](C)(C#N)C(C)C)CC1. The molecule has 0 bridgehead atoms. The Balaban J connectivity index is 2.48. The molecule has 7 nitrogen and oxygen atoms in total. The van der Waals surface area contributed by atoms with Crippen molar-refractivity contribution in [2.24, 2.45) is 5.92 Å². The van der Waals surface area contributed by atoms with E-state index in [1.807, 2.05) is 42.4 Å². The summed E-state index contributed by atoms with van der Waals surface area (Å²) in [6, 6.07) is 2.25. The highest BCUT2D eigenvalue weighted by atomic mass is 16.2. The van der Waals surface area contributed by atoms with E-state index in [2.05, 4.69) is 11.4 Å². The van der Waals surface area contributed by atoms with Crippen molar-refractivity contribution in [1.29, 1.82) is 5.26 Å². The van der Waals surface area contributed by atoms with Gasteiger partial charge in [0.2, 0.25) is 5.91 Å². The summed E-state index contributed by atoms with van der Waals surface area (Å²) in [6.45, 7) is 13.8. The van der Waals surface area contributed by atoms with E-state index in [0.717, 1.165) is 0 Å². The van der Waals surface area contributed by atoms with E-state index in [1.54, 1.807) is 6.92 Å². The minimum absolute atomic E-state index is 0.0370. The molecule has 0 saturated carbocycles. The summed E-state index contributed by atoms with van der Waals surface area (Å²) >= 11 is 0. The fourth-order valence-corrected chi connectivity index (χ4v) is 2.63. The van der Waals surface area contributed by atoms with E-state index in [1.165, 1.54) is 0 Å². The van der Waals surface area contributed by atoms with E-state index < -0.39 is 5.54 Å². The van der Waals surface area contributed by atoms with Crippen LogP contribution in [0.15, 0.2) is 0 Å². The molecule has 0 aromatic carbocycles. The van der Waals surface area contributed by atoms with Gasteiger partial charge in [-0.3, -0.25) is 9.69 Å². The summed E-state index contributed by atoms with van der Waals surface area (Å²) in [5.41, 5.74) is -0.850. The molecule has 0 unspecified atom stereocenters. The minimum atomic E-state index is -0.850. The Morgan fingerprint density at radius 3 is 2.17 bits per heavy atom. The maximum atomic E-state index is 12.3. The summed E-state index contributed by atoms with van der Waals surface area (Å²) < 4.78 is 0. The van der Waals surface area contributed by atoms with E-state index in [0.29, 0.717) is 39.3 Å². The lowest BCUT2D eigenvalue weighted by Crippen LogP contribution is -2.56. The fourth-order valence-electron chi connectivity index (χ4n) is 2.63. The summed E-state index contributed by atoms with van der Waals surface area (Å²) in [5, 5.41) is 12.1. The number of carbonyl (C=O) groups excluding carboxylic acids is 2. The Hall–Kier alpha value is -1.81. The molecule has 1 heterocycles. The lowest BCUT2D eigenvalue weighted by Gasteiger charge is -2.37. The third-order valence-electron chi connectivity index (χ3n) is 4.83. The van der Waals surface area contributed by atoms with Crippen molar-refractivity contribution < 1.29 is 9.59 Å². The Kier molecular flexibility index (Phi) is 7.49. The average molecular weight is 337 g/mol. The van der Waals surface area contributed by atoms with E-state index in [-0.39, 0.29) is 24.4 Å². The number of nitriles is 1. The first-order chi connectivity index (χ1) is 11.3. The van der Waals surface area contributed by atoms with Crippen LogP contribution in [0.3, 0.4) is 0 Å². The van der Waals surface area contributed by atoms with Gasteiger partial charge in [-0.15, -0.1) is 0 Å². The van der Waals surface area contributed by atoms with Gasteiger partial charge in [-0.2, -0.15) is 5.26 Å². The maximum absolute atomic E-state index is 12.3. The van der Waals surface area contributed by atoms with Gasteiger partial charge in [-0.25, -0.2) is 4.79 Å². The van der Waals surface area contributed by atoms with Crippen LogP contribution in [0.25, 0.3) is 0 Å². The second-order valence-electron chi connectivity index (χ2n) is 6.74. The first-order valence-electron chi connectivity index (χ1n) is 8.75. The number of hydrogen-bond donors (Lipinski definition) is 1. The third-order valence-corrected chi connectivity index (χ3v) is 4.83. The molecule has 24 heavy (non-hydrogen) atoms. The molecule has 3 amide bonds. The van der Waals surface area contributed by atoms with Gasteiger partial charge in [0.05, 0.1) is 12.6 Å². The zero-order chi connectivity index (χ0) is 18.3. The van der Waals surface area contributed by atoms with Crippen molar-refractivity contribution in [3.8, 4) is 6.07 Å². The molecule has 1 saturated heterocycles. The van der Waals surface area contributed by atoms with E-state index >= 15 is 0 Å². The van der Waals surface area contributed by atoms with Gasteiger partial charge in [0.25, 0.3) is 0 Å². The van der Waals surface area contributed by atoms with Crippen LogP contribution in [0.5, 0.6) is 0 Å². The van der Waals surface area contributed by atoms with Crippen LogP contribution in [0.1, 0.15) is 34.6 Å². The number of nitrogens with zero attached hydrogens (tertiary/aromatic N) is 4. The average Bonchev–Trinajstić information content (AvgIpc) is 2.56. The number of amides is 3. The van der Waals surface area contributed by atoms with Crippen LogP contribution in [-0.4, -0.2) is 78.0 Å². The van der Waals surface area contributed by atoms with Crippen LogP contribution in [-0.2, 0) is 4.79 Å². The van der Waals surface area contributed by atoms with Crippen LogP contribution in [0, 0.1) is 17.2 Å². The van der Waals surface area contributed by atoms with Gasteiger partial charge in [0.15, 0.2) is 0 Å². The second kappa shape index (κ2) is 8.88. The highest BCUT2D eigenvalue weighted by Crippen LogP contribution is 2.15. The normalized spacial score (nSPS) is 18.0. The Bertz CT molecular complexity index is 476. The fraction of sp³-hybridized carbons (Fsp3) is 0.824. The van der Waals surface area contributed by atoms with Crippen molar-refractivity contribution >= 4 is 11.9 Å². The standard InChI is InChI=1S/C17H31N5O2/c1-6-21(7-2)16(24)22-10-8-20(9-11-22)12-15(23)19-17(5,13-18)14(3)4/h14H,6-12H2,1-5H3,(H,19,23)/t17-/m1/s1. The number of nitrogens with one attached hydrogen (secondary N) is 1. The van der Waals surface area contributed by atoms with Gasteiger partial charge < -0.3 is 15.1 Å². The molecule has 1 atom stereocenters. The molecular formula is C17H31N5O2. The molecule has 136 valence electrons. The van der Waals surface area contributed by atoms with Gasteiger partial charge >= 0.3 is 6.03 Å². The predicted octanol–water partition coefficient (Wildman–Crippen LogP) is 1.12. The molecule has 0 aromatic rings. The zero-order valence-corrected chi connectivity index (χ0v) is 15.6. The molecular weight excluding hydrogens is 306 g/mol. The van der Waals surface area contributed by atoms with Crippen LogP contribution < -0.4 is 5.32 Å². The third kappa shape index (κ3) is 5.10. The van der Waals surface area contributed by atoms with E-state index in [9.17, 15) is 14.9 Å². The summed E-state index contributed by atoms with van der Waals surface area (Å²) in [6.07, 6.45) is 0. The monoisotopic (exact) mass is 337 g/mol. The molecule has 1 N–H and O–H groups in total. The van der Waals surface area contributed by atoms with Crippen molar-refractivity contribution in [3.63, 3.8) is 0 Å². The molecule has 1 aliphatic rings. The number of rotatable bonds is 6. The number of carbonyl (C=O) groups is 2. The smallest absolute Gasteiger partial charge is 0.320 e. The minimum Gasteiger partial charge on any atom is -0.337 e. The number of urea groups is 1.